The van der Waals surface area contributed by atoms with Crippen molar-refractivity contribution in [3.8, 4) is 0 Å². The molecule has 3 amide bonds. The molecule has 2 aromatic carbocycles. The van der Waals surface area contributed by atoms with E-state index in [2.05, 4.69) is 21.2 Å². The van der Waals surface area contributed by atoms with Crippen LogP contribution in [0.1, 0.15) is 11.1 Å². The fourth-order valence-electron chi connectivity index (χ4n) is 2.45. The van der Waals surface area contributed by atoms with Crippen LogP contribution in [-0.4, -0.2) is 28.5 Å². The van der Waals surface area contributed by atoms with Crippen molar-refractivity contribution in [2.45, 2.75) is 6.18 Å². The highest BCUT2D eigenvalue weighted by Crippen LogP contribution is 2.33. The van der Waals surface area contributed by atoms with Crippen molar-refractivity contribution in [3.63, 3.8) is 0 Å². The predicted molar refractivity (Wildman–Crippen MR) is 107 cm³/mol. The molecule has 1 fully saturated rings. The third-order valence-electron chi connectivity index (χ3n) is 3.86. The van der Waals surface area contributed by atoms with Gasteiger partial charge < -0.3 is 5.32 Å². The first-order chi connectivity index (χ1) is 13.6. The van der Waals surface area contributed by atoms with Gasteiger partial charge in [0.1, 0.15) is 6.54 Å². The van der Waals surface area contributed by atoms with E-state index in [1.807, 2.05) is 0 Å². The van der Waals surface area contributed by atoms with Gasteiger partial charge in [-0.05, 0) is 63.6 Å². The summed E-state index contributed by atoms with van der Waals surface area (Å²) in [5, 5.41) is 1.97. The first kappa shape index (κ1) is 21.1. The number of hydrogen-bond acceptors (Lipinski definition) is 4. The van der Waals surface area contributed by atoms with Gasteiger partial charge in [-0.1, -0.05) is 24.3 Å². The lowest BCUT2D eigenvalue weighted by Crippen LogP contribution is -2.36. The van der Waals surface area contributed by atoms with Crippen LogP contribution in [0.5, 0.6) is 0 Å². The van der Waals surface area contributed by atoms with Crippen molar-refractivity contribution in [2.24, 2.45) is 0 Å². The van der Waals surface area contributed by atoms with Crippen LogP contribution < -0.4 is 5.32 Å². The van der Waals surface area contributed by atoms with Gasteiger partial charge in [0.15, 0.2) is 0 Å². The van der Waals surface area contributed by atoms with Crippen molar-refractivity contribution < 1.29 is 27.6 Å². The average molecular weight is 485 g/mol. The summed E-state index contributed by atoms with van der Waals surface area (Å²) < 4.78 is 38.5. The Balaban J connectivity index is 1.70. The van der Waals surface area contributed by atoms with Gasteiger partial charge in [-0.25, -0.2) is 0 Å². The number of alkyl halides is 3. The number of hydrogen-bond donors (Lipinski definition) is 1. The molecule has 0 spiro atoms. The zero-order valence-corrected chi connectivity index (χ0v) is 16.9. The Morgan fingerprint density at radius 3 is 2.38 bits per heavy atom. The SMILES string of the molecule is O=C(CN1C(=O)S/C(=C\c2ccc(C(F)(F)F)cc2)C1=O)Nc1ccccc1Br. The van der Waals surface area contributed by atoms with Gasteiger partial charge in [-0.15, -0.1) is 0 Å². The Kier molecular flexibility index (Phi) is 6.13. The summed E-state index contributed by atoms with van der Waals surface area (Å²) in [6, 6.07) is 11.0. The molecule has 0 bridgehead atoms. The number of carbonyl (C=O) groups excluding carboxylic acids is 3. The Labute approximate surface area is 176 Å². The Hall–Kier alpha value is -2.59. The molecule has 150 valence electrons. The minimum Gasteiger partial charge on any atom is -0.324 e. The highest BCUT2D eigenvalue weighted by atomic mass is 79.9. The van der Waals surface area contributed by atoms with Crippen molar-refractivity contribution in [3.05, 3.63) is 69.0 Å². The molecule has 2 aromatic rings. The summed E-state index contributed by atoms with van der Waals surface area (Å²) >= 11 is 3.90. The van der Waals surface area contributed by atoms with Crippen LogP contribution in [-0.2, 0) is 15.8 Å². The van der Waals surface area contributed by atoms with E-state index in [4.69, 9.17) is 0 Å². The highest BCUT2D eigenvalue weighted by Gasteiger charge is 2.36. The topological polar surface area (TPSA) is 66.5 Å². The summed E-state index contributed by atoms with van der Waals surface area (Å²) in [5.41, 5.74) is 0.0115. The number of amides is 3. The summed E-state index contributed by atoms with van der Waals surface area (Å²) in [4.78, 5) is 37.6. The van der Waals surface area contributed by atoms with E-state index >= 15 is 0 Å². The first-order valence-electron chi connectivity index (χ1n) is 8.12. The number of rotatable bonds is 4. The van der Waals surface area contributed by atoms with Crippen LogP contribution in [0.4, 0.5) is 23.7 Å². The average Bonchev–Trinajstić information content (AvgIpc) is 2.91. The second kappa shape index (κ2) is 8.42. The van der Waals surface area contributed by atoms with Gasteiger partial charge in [0.2, 0.25) is 5.91 Å². The van der Waals surface area contributed by atoms with E-state index in [1.165, 1.54) is 18.2 Å². The van der Waals surface area contributed by atoms with E-state index in [0.717, 1.165) is 17.0 Å². The molecular weight excluding hydrogens is 473 g/mol. The second-order valence-corrected chi connectivity index (χ2v) is 7.76. The van der Waals surface area contributed by atoms with Crippen LogP contribution in [0.15, 0.2) is 57.9 Å². The van der Waals surface area contributed by atoms with Gasteiger partial charge >= 0.3 is 6.18 Å². The fourth-order valence-corrected chi connectivity index (χ4v) is 3.67. The maximum atomic E-state index is 12.6. The summed E-state index contributed by atoms with van der Waals surface area (Å²) in [7, 11) is 0. The standard InChI is InChI=1S/C19H12BrF3N2O3S/c20-13-3-1-2-4-14(13)24-16(26)10-25-17(27)15(29-18(25)28)9-11-5-7-12(8-6-11)19(21,22)23/h1-9H,10H2,(H,24,26)/b15-9-. The lowest BCUT2D eigenvalue weighted by Gasteiger charge is -2.13. The summed E-state index contributed by atoms with van der Waals surface area (Å²) in [6.45, 7) is -0.476. The van der Waals surface area contributed by atoms with Crippen molar-refractivity contribution in [2.75, 3.05) is 11.9 Å². The number of nitrogens with one attached hydrogen (secondary N) is 1. The third kappa shape index (κ3) is 5.07. The Morgan fingerprint density at radius 2 is 1.76 bits per heavy atom. The molecule has 1 heterocycles. The quantitative estimate of drug-likeness (QED) is 0.609. The lowest BCUT2D eigenvalue weighted by atomic mass is 10.1. The normalized spacial score (nSPS) is 15.9. The third-order valence-corrected chi connectivity index (χ3v) is 5.46. The Morgan fingerprint density at radius 1 is 1.10 bits per heavy atom. The van der Waals surface area contributed by atoms with E-state index in [9.17, 15) is 27.6 Å². The number of anilines is 1. The van der Waals surface area contributed by atoms with Crippen LogP contribution in [0, 0.1) is 0 Å². The molecule has 0 aliphatic carbocycles. The molecule has 0 radical (unpaired) electrons. The number of para-hydroxylation sites is 1. The van der Waals surface area contributed by atoms with E-state index in [1.54, 1.807) is 24.3 Å². The monoisotopic (exact) mass is 484 g/mol. The molecule has 0 atom stereocenters. The van der Waals surface area contributed by atoms with Crippen LogP contribution in [0.3, 0.4) is 0 Å². The van der Waals surface area contributed by atoms with Crippen molar-refractivity contribution in [1.82, 2.24) is 4.90 Å². The van der Waals surface area contributed by atoms with Gasteiger partial charge in [0.05, 0.1) is 16.2 Å². The number of carbonyl (C=O) groups is 3. The molecule has 10 heteroatoms. The van der Waals surface area contributed by atoms with E-state index in [-0.39, 0.29) is 4.91 Å². The largest absolute Gasteiger partial charge is 0.416 e. The molecular formula is C19H12BrF3N2O3S. The minimum absolute atomic E-state index is 0.0310. The van der Waals surface area contributed by atoms with Gasteiger partial charge in [-0.2, -0.15) is 13.2 Å². The summed E-state index contributed by atoms with van der Waals surface area (Å²) in [5.74, 6) is -1.24. The van der Waals surface area contributed by atoms with Crippen LogP contribution in [0.2, 0.25) is 0 Å². The molecule has 1 saturated heterocycles. The predicted octanol–water partition coefficient (Wildman–Crippen LogP) is 5.14. The molecule has 29 heavy (non-hydrogen) atoms. The van der Waals surface area contributed by atoms with Crippen molar-refractivity contribution in [1.29, 1.82) is 0 Å². The first-order valence-corrected chi connectivity index (χ1v) is 9.73. The lowest BCUT2D eigenvalue weighted by molar-refractivity contribution is -0.137. The number of thioether (sulfide) groups is 1. The van der Waals surface area contributed by atoms with E-state index < -0.39 is 35.3 Å². The molecule has 3 rings (SSSR count). The minimum atomic E-state index is -4.46. The van der Waals surface area contributed by atoms with Gasteiger partial charge in [-0.3, -0.25) is 19.3 Å². The number of halogens is 4. The molecule has 1 N–H and O–H groups in total. The van der Waals surface area contributed by atoms with E-state index in [0.29, 0.717) is 27.5 Å². The maximum absolute atomic E-state index is 12.6. The maximum Gasteiger partial charge on any atom is 0.416 e. The fraction of sp³-hybridized carbons (Fsp3) is 0.105. The highest BCUT2D eigenvalue weighted by molar-refractivity contribution is 9.10. The second-order valence-electron chi connectivity index (χ2n) is 5.92. The molecule has 0 aromatic heterocycles. The molecule has 1 aliphatic heterocycles. The zero-order valence-electron chi connectivity index (χ0n) is 14.5. The number of benzene rings is 2. The Bertz CT molecular complexity index is 1010. The number of imide groups is 1. The van der Waals surface area contributed by atoms with Gasteiger partial charge in [0.25, 0.3) is 11.1 Å². The molecule has 1 aliphatic rings. The summed E-state index contributed by atoms with van der Waals surface area (Å²) in [6.07, 6.45) is -3.14. The van der Waals surface area contributed by atoms with Crippen molar-refractivity contribution >= 4 is 56.5 Å². The molecule has 0 unspecified atom stereocenters. The van der Waals surface area contributed by atoms with Gasteiger partial charge in [0, 0.05) is 4.47 Å². The molecule has 5 nitrogen and oxygen atoms in total. The van der Waals surface area contributed by atoms with Crippen LogP contribution in [0.25, 0.3) is 6.08 Å². The smallest absolute Gasteiger partial charge is 0.324 e. The molecule has 0 saturated carbocycles. The zero-order chi connectivity index (χ0) is 21.2. The van der Waals surface area contributed by atoms with Crippen LogP contribution >= 0.6 is 27.7 Å². The number of nitrogens with zero attached hydrogens (tertiary/aromatic N) is 1.